The summed E-state index contributed by atoms with van der Waals surface area (Å²) < 4.78 is 4.87. The van der Waals surface area contributed by atoms with E-state index in [1.807, 2.05) is 0 Å². The van der Waals surface area contributed by atoms with Crippen LogP contribution in [-0.4, -0.2) is 35.0 Å². The van der Waals surface area contributed by atoms with Gasteiger partial charge in [0.05, 0.1) is 12.5 Å². The van der Waals surface area contributed by atoms with E-state index in [0.717, 1.165) is 5.56 Å². The lowest BCUT2D eigenvalue weighted by Gasteiger charge is -2.21. The Labute approximate surface area is 93.7 Å². The van der Waals surface area contributed by atoms with Gasteiger partial charge in [0, 0.05) is 13.5 Å². The standard InChI is InChI=1S/C11H15NO4/c1-8(11(14)15)12(2)10(13)4-3-9-5-6-16-7-9/h5-8H,3-4H2,1-2H3,(H,14,15). The lowest BCUT2D eigenvalue weighted by molar-refractivity contribution is -0.148. The van der Waals surface area contributed by atoms with Crippen LogP contribution in [0.3, 0.4) is 0 Å². The van der Waals surface area contributed by atoms with Crippen LogP contribution in [0.1, 0.15) is 18.9 Å². The topological polar surface area (TPSA) is 70.8 Å². The van der Waals surface area contributed by atoms with Crippen molar-refractivity contribution in [2.75, 3.05) is 7.05 Å². The number of hydrogen-bond donors (Lipinski definition) is 1. The van der Waals surface area contributed by atoms with Crippen molar-refractivity contribution in [1.29, 1.82) is 0 Å². The third-order valence-electron chi connectivity index (χ3n) is 2.54. The molecular weight excluding hydrogens is 210 g/mol. The third kappa shape index (κ3) is 3.12. The highest BCUT2D eigenvalue weighted by molar-refractivity contribution is 5.83. The molecule has 0 aliphatic heterocycles. The molecule has 88 valence electrons. The summed E-state index contributed by atoms with van der Waals surface area (Å²) in [6.07, 6.45) is 3.97. The predicted molar refractivity (Wildman–Crippen MR) is 56.9 cm³/mol. The largest absolute Gasteiger partial charge is 0.480 e. The highest BCUT2D eigenvalue weighted by Gasteiger charge is 2.21. The van der Waals surface area contributed by atoms with Crippen molar-refractivity contribution in [3.05, 3.63) is 24.2 Å². The molecular formula is C11H15NO4. The average molecular weight is 225 g/mol. The molecule has 0 saturated heterocycles. The second-order valence-corrected chi connectivity index (χ2v) is 3.65. The van der Waals surface area contributed by atoms with Crippen molar-refractivity contribution in [3.63, 3.8) is 0 Å². The van der Waals surface area contributed by atoms with Crippen molar-refractivity contribution in [1.82, 2.24) is 4.90 Å². The van der Waals surface area contributed by atoms with Gasteiger partial charge in [-0.2, -0.15) is 0 Å². The summed E-state index contributed by atoms with van der Waals surface area (Å²) in [5, 5.41) is 8.74. The first-order chi connectivity index (χ1) is 7.52. The van der Waals surface area contributed by atoms with Gasteiger partial charge in [-0.1, -0.05) is 0 Å². The predicted octanol–water partition coefficient (Wildman–Crippen LogP) is 1.14. The van der Waals surface area contributed by atoms with Gasteiger partial charge in [-0.25, -0.2) is 4.79 Å². The zero-order chi connectivity index (χ0) is 12.1. The van der Waals surface area contributed by atoms with E-state index in [1.165, 1.54) is 18.9 Å². The van der Waals surface area contributed by atoms with Crippen molar-refractivity contribution < 1.29 is 19.1 Å². The molecule has 1 aromatic heterocycles. The Balaban J connectivity index is 2.43. The van der Waals surface area contributed by atoms with Crippen LogP contribution >= 0.6 is 0 Å². The Hall–Kier alpha value is -1.78. The molecule has 0 radical (unpaired) electrons. The molecule has 0 aromatic carbocycles. The van der Waals surface area contributed by atoms with Gasteiger partial charge in [-0.05, 0) is 25.0 Å². The molecule has 5 heteroatoms. The molecule has 0 aliphatic carbocycles. The number of carboxylic acids is 1. The van der Waals surface area contributed by atoms with Crippen molar-refractivity contribution >= 4 is 11.9 Å². The lowest BCUT2D eigenvalue weighted by Crippen LogP contribution is -2.40. The fourth-order valence-electron chi connectivity index (χ4n) is 1.24. The number of aryl methyl sites for hydroxylation is 1. The molecule has 1 heterocycles. The normalized spacial score (nSPS) is 12.1. The lowest BCUT2D eigenvalue weighted by atomic mass is 10.1. The molecule has 0 bridgehead atoms. The SMILES string of the molecule is CC(C(=O)O)N(C)C(=O)CCc1ccoc1. The molecule has 0 aliphatic rings. The Kier molecular flexibility index (Phi) is 4.10. The van der Waals surface area contributed by atoms with Crippen LogP contribution in [0.25, 0.3) is 0 Å². The maximum absolute atomic E-state index is 11.6. The molecule has 1 amide bonds. The molecule has 1 aromatic rings. The van der Waals surface area contributed by atoms with Crippen LogP contribution in [0.4, 0.5) is 0 Å². The number of furan rings is 1. The third-order valence-corrected chi connectivity index (χ3v) is 2.54. The van der Waals surface area contributed by atoms with Crippen LogP contribution in [0, 0.1) is 0 Å². The maximum atomic E-state index is 11.6. The van der Waals surface area contributed by atoms with Gasteiger partial charge in [0.15, 0.2) is 0 Å². The van der Waals surface area contributed by atoms with E-state index in [4.69, 9.17) is 9.52 Å². The molecule has 1 rings (SSSR count). The Bertz CT molecular complexity index is 358. The quantitative estimate of drug-likeness (QED) is 0.815. The Morgan fingerprint density at radius 2 is 2.25 bits per heavy atom. The van der Waals surface area contributed by atoms with Gasteiger partial charge < -0.3 is 14.4 Å². The zero-order valence-electron chi connectivity index (χ0n) is 9.34. The number of hydrogen-bond acceptors (Lipinski definition) is 3. The molecule has 0 spiro atoms. The molecule has 5 nitrogen and oxygen atoms in total. The van der Waals surface area contributed by atoms with Gasteiger partial charge in [0.25, 0.3) is 0 Å². The number of carbonyl (C=O) groups is 2. The number of likely N-dealkylation sites (N-methyl/N-ethyl adjacent to an activating group) is 1. The Morgan fingerprint density at radius 3 is 2.75 bits per heavy atom. The van der Waals surface area contributed by atoms with Crippen LogP contribution in [0.15, 0.2) is 23.0 Å². The number of carboxylic acid groups (broad SMARTS) is 1. The summed E-state index contributed by atoms with van der Waals surface area (Å²) in [6, 6.07) is 0.991. The Morgan fingerprint density at radius 1 is 1.56 bits per heavy atom. The van der Waals surface area contributed by atoms with E-state index in [-0.39, 0.29) is 12.3 Å². The summed E-state index contributed by atoms with van der Waals surface area (Å²) in [5.41, 5.74) is 0.935. The minimum absolute atomic E-state index is 0.184. The number of nitrogens with zero attached hydrogens (tertiary/aromatic N) is 1. The molecule has 0 saturated carbocycles. The molecule has 1 atom stereocenters. The van der Waals surface area contributed by atoms with Gasteiger partial charge in [0.1, 0.15) is 6.04 Å². The summed E-state index contributed by atoms with van der Waals surface area (Å²) in [7, 11) is 1.50. The maximum Gasteiger partial charge on any atom is 0.326 e. The van der Waals surface area contributed by atoms with Gasteiger partial charge >= 0.3 is 5.97 Å². The van der Waals surface area contributed by atoms with E-state index >= 15 is 0 Å². The molecule has 16 heavy (non-hydrogen) atoms. The van der Waals surface area contributed by atoms with E-state index < -0.39 is 12.0 Å². The summed E-state index contributed by atoms with van der Waals surface area (Å²) in [4.78, 5) is 23.5. The monoisotopic (exact) mass is 225 g/mol. The smallest absolute Gasteiger partial charge is 0.326 e. The highest BCUT2D eigenvalue weighted by atomic mass is 16.4. The first-order valence-electron chi connectivity index (χ1n) is 5.02. The second-order valence-electron chi connectivity index (χ2n) is 3.65. The number of aliphatic carboxylic acids is 1. The fraction of sp³-hybridized carbons (Fsp3) is 0.455. The minimum Gasteiger partial charge on any atom is -0.480 e. The van der Waals surface area contributed by atoms with E-state index in [0.29, 0.717) is 6.42 Å². The van der Waals surface area contributed by atoms with Gasteiger partial charge in [0.2, 0.25) is 5.91 Å². The van der Waals surface area contributed by atoms with Crippen molar-refractivity contribution in [2.45, 2.75) is 25.8 Å². The summed E-state index contributed by atoms with van der Waals surface area (Å²) in [6.45, 7) is 1.48. The molecule has 1 unspecified atom stereocenters. The van der Waals surface area contributed by atoms with Crippen molar-refractivity contribution in [2.24, 2.45) is 0 Å². The van der Waals surface area contributed by atoms with Crippen LogP contribution < -0.4 is 0 Å². The van der Waals surface area contributed by atoms with Crippen LogP contribution in [-0.2, 0) is 16.0 Å². The van der Waals surface area contributed by atoms with E-state index in [9.17, 15) is 9.59 Å². The zero-order valence-corrected chi connectivity index (χ0v) is 9.34. The number of amides is 1. The highest BCUT2D eigenvalue weighted by Crippen LogP contribution is 2.06. The molecule has 1 N–H and O–H groups in total. The summed E-state index contributed by atoms with van der Waals surface area (Å²) >= 11 is 0. The second kappa shape index (κ2) is 5.34. The van der Waals surface area contributed by atoms with Crippen LogP contribution in [0.2, 0.25) is 0 Å². The van der Waals surface area contributed by atoms with Gasteiger partial charge in [-0.3, -0.25) is 4.79 Å². The average Bonchev–Trinajstić information content (AvgIpc) is 2.76. The summed E-state index contributed by atoms with van der Waals surface area (Å²) in [5.74, 6) is -1.18. The first-order valence-corrected chi connectivity index (χ1v) is 5.02. The van der Waals surface area contributed by atoms with E-state index in [1.54, 1.807) is 18.6 Å². The fourth-order valence-corrected chi connectivity index (χ4v) is 1.24. The van der Waals surface area contributed by atoms with E-state index in [2.05, 4.69) is 0 Å². The minimum atomic E-state index is -1.00. The van der Waals surface area contributed by atoms with Gasteiger partial charge in [-0.15, -0.1) is 0 Å². The van der Waals surface area contributed by atoms with Crippen LogP contribution in [0.5, 0.6) is 0 Å². The number of rotatable bonds is 5. The first kappa shape index (κ1) is 12.3. The van der Waals surface area contributed by atoms with Crippen molar-refractivity contribution in [3.8, 4) is 0 Å². The molecule has 0 fully saturated rings. The number of carbonyl (C=O) groups excluding carboxylic acids is 1.